The third-order valence-corrected chi connectivity index (χ3v) is 3.27. The van der Waals surface area contributed by atoms with Gasteiger partial charge in [0.05, 0.1) is 5.69 Å². The molecule has 1 N–H and O–H groups in total. The number of hydrogen-bond acceptors (Lipinski definition) is 3. The lowest BCUT2D eigenvalue weighted by Crippen LogP contribution is -2.09. The second-order valence-corrected chi connectivity index (χ2v) is 4.75. The number of nitrogens with zero attached hydrogens (tertiary/aromatic N) is 2. The highest BCUT2D eigenvalue weighted by Gasteiger charge is 2.29. The van der Waals surface area contributed by atoms with Crippen LogP contribution in [-0.2, 0) is 6.54 Å². The molecule has 3 nitrogen and oxygen atoms in total. The monoisotopic (exact) mass is 279 g/mol. The fourth-order valence-corrected chi connectivity index (χ4v) is 2.02. The van der Waals surface area contributed by atoms with E-state index in [0.717, 1.165) is 25.0 Å². The molecule has 1 aliphatic rings. The number of anilines is 1. The Morgan fingerprint density at radius 3 is 2.45 bits per heavy atom. The minimum absolute atomic E-state index is 0.0236. The molecule has 3 rings (SSSR count). The minimum atomic E-state index is -0.672. The molecule has 1 aromatic carbocycles. The van der Waals surface area contributed by atoms with E-state index in [9.17, 15) is 13.2 Å². The standard InChI is InChI=1S/C14H12F3N3/c15-10-2-1-3-11(16)9(10)6-18-14-12(17)13(8-4-5-8)19-7-20-14/h1-3,7-8H,4-6H2,(H,18,19,20). The van der Waals surface area contributed by atoms with Crippen LogP contribution in [0.4, 0.5) is 19.0 Å². The molecular formula is C14H12F3N3. The summed E-state index contributed by atoms with van der Waals surface area (Å²) in [4.78, 5) is 7.70. The first-order valence-electron chi connectivity index (χ1n) is 6.34. The molecule has 0 saturated heterocycles. The normalized spacial score (nSPS) is 14.3. The lowest BCUT2D eigenvalue weighted by Gasteiger charge is -2.09. The number of hydrogen-bond donors (Lipinski definition) is 1. The van der Waals surface area contributed by atoms with Crippen molar-refractivity contribution < 1.29 is 13.2 Å². The third-order valence-electron chi connectivity index (χ3n) is 3.27. The number of halogens is 3. The van der Waals surface area contributed by atoms with Crippen LogP contribution in [-0.4, -0.2) is 9.97 Å². The van der Waals surface area contributed by atoms with E-state index in [4.69, 9.17) is 0 Å². The van der Waals surface area contributed by atoms with Crippen molar-refractivity contribution in [2.75, 3.05) is 5.32 Å². The zero-order valence-electron chi connectivity index (χ0n) is 10.5. The van der Waals surface area contributed by atoms with Crippen molar-refractivity contribution in [1.29, 1.82) is 0 Å². The fourth-order valence-electron chi connectivity index (χ4n) is 2.02. The van der Waals surface area contributed by atoms with Gasteiger partial charge in [-0.1, -0.05) is 6.07 Å². The van der Waals surface area contributed by atoms with Crippen LogP contribution in [0.1, 0.15) is 30.0 Å². The van der Waals surface area contributed by atoms with Gasteiger partial charge in [0.15, 0.2) is 11.6 Å². The molecule has 6 heteroatoms. The Morgan fingerprint density at radius 2 is 1.80 bits per heavy atom. The van der Waals surface area contributed by atoms with Crippen LogP contribution in [0.25, 0.3) is 0 Å². The van der Waals surface area contributed by atoms with Gasteiger partial charge in [-0.05, 0) is 25.0 Å². The maximum absolute atomic E-state index is 14.1. The Morgan fingerprint density at radius 1 is 1.10 bits per heavy atom. The van der Waals surface area contributed by atoms with E-state index in [1.807, 2.05) is 0 Å². The highest BCUT2D eigenvalue weighted by atomic mass is 19.1. The molecule has 0 unspecified atom stereocenters. The van der Waals surface area contributed by atoms with Crippen molar-refractivity contribution in [3.8, 4) is 0 Å². The Kier molecular flexibility index (Phi) is 3.30. The van der Waals surface area contributed by atoms with Gasteiger partial charge in [-0.3, -0.25) is 0 Å². The Labute approximate surface area is 113 Å². The predicted molar refractivity (Wildman–Crippen MR) is 67.6 cm³/mol. The van der Waals surface area contributed by atoms with E-state index in [1.165, 1.54) is 12.4 Å². The summed E-state index contributed by atoms with van der Waals surface area (Å²) < 4.78 is 41.0. The largest absolute Gasteiger partial charge is 0.363 e. The number of rotatable bonds is 4. The minimum Gasteiger partial charge on any atom is -0.363 e. The van der Waals surface area contributed by atoms with Gasteiger partial charge in [-0.2, -0.15) is 0 Å². The van der Waals surface area contributed by atoms with Crippen molar-refractivity contribution >= 4 is 5.82 Å². The number of nitrogens with one attached hydrogen (secondary N) is 1. The van der Waals surface area contributed by atoms with Crippen molar-refractivity contribution in [3.05, 3.63) is 53.2 Å². The molecule has 0 spiro atoms. The maximum Gasteiger partial charge on any atom is 0.187 e. The lowest BCUT2D eigenvalue weighted by atomic mass is 10.2. The van der Waals surface area contributed by atoms with Crippen LogP contribution < -0.4 is 5.32 Å². The molecule has 0 radical (unpaired) electrons. The van der Waals surface area contributed by atoms with Crippen molar-refractivity contribution in [1.82, 2.24) is 9.97 Å². The number of aromatic nitrogens is 2. The van der Waals surface area contributed by atoms with Crippen LogP contribution in [0.5, 0.6) is 0 Å². The molecular weight excluding hydrogens is 267 g/mol. The predicted octanol–water partition coefficient (Wildman–Crippen LogP) is 3.38. The van der Waals surface area contributed by atoms with Gasteiger partial charge in [0, 0.05) is 18.0 Å². The molecule has 0 bridgehead atoms. The molecule has 1 aliphatic carbocycles. The number of benzene rings is 1. The first-order chi connectivity index (χ1) is 9.66. The first kappa shape index (κ1) is 12.9. The summed E-state index contributed by atoms with van der Waals surface area (Å²) in [5, 5.41) is 2.63. The summed E-state index contributed by atoms with van der Waals surface area (Å²) in [6.07, 6.45) is 3.08. The van der Waals surface area contributed by atoms with Crippen LogP contribution in [0, 0.1) is 17.5 Å². The second kappa shape index (κ2) is 5.11. The first-order valence-corrected chi connectivity index (χ1v) is 6.34. The highest BCUT2D eigenvalue weighted by molar-refractivity contribution is 5.40. The van der Waals surface area contributed by atoms with Crippen LogP contribution in [0.15, 0.2) is 24.5 Å². The van der Waals surface area contributed by atoms with Crippen molar-refractivity contribution in [2.45, 2.75) is 25.3 Å². The molecule has 0 atom stereocenters. The summed E-state index contributed by atoms with van der Waals surface area (Å²) in [7, 11) is 0. The average molecular weight is 279 g/mol. The van der Waals surface area contributed by atoms with Crippen molar-refractivity contribution in [3.63, 3.8) is 0 Å². The molecule has 0 aliphatic heterocycles. The fraction of sp³-hybridized carbons (Fsp3) is 0.286. The van der Waals surface area contributed by atoms with E-state index < -0.39 is 17.5 Å². The van der Waals surface area contributed by atoms with Crippen LogP contribution in [0.3, 0.4) is 0 Å². The summed E-state index contributed by atoms with van der Waals surface area (Å²) >= 11 is 0. The zero-order chi connectivity index (χ0) is 14.1. The molecule has 104 valence electrons. The van der Waals surface area contributed by atoms with E-state index in [2.05, 4.69) is 15.3 Å². The zero-order valence-corrected chi connectivity index (χ0v) is 10.5. The average Bonchev–Trinajstić information content (AvgIpc) is 3.24. The van der Waals surface area contributed by atoms with Gasteiger partial charge in [0.25, 0.3) is 0 Å². The van der Waals surface area contributed by atoms with Gasteiger partial charge in [0.1, 0.15) is 18.0 Å². The summed E-state index contributed by atoms with van der Waals surface area (Å²) in [6.45, 7) is -0.170. The molecule has 2 aromatic rings. The third kappa shape index (κ3) is 2.45. The van der Waals surface area contributed by atoms with Gasteiger partial charge in [-0.15, -0.1) is 0 Å². The molecule has 1 aromatic heterocycles. The molecule has 1 heterocycles. The Balaban J connectivity index is 1.80. The van der Waals surface area contributed by atoms with Crippen LogP contribution >= 0.6 is 0 Å². The lowest BCUT2D eigenvalue weighted by molar-refractivity contribution is 0.557. The summed E-state index contributed by atoms with van der Waals surface area (Å²) in [5.41, 5.74) is 0.231. The highest BCUT2D eigenvalue weighted by Crippen LogP contribution is 2.40. The second-order valence-electron chi connectivity index (χ2n) is 4.75. The van der Waals surface area contributed by atoms with Gasteiger partial charge >= 0.3 is 0 Å². The van der Waals surface area contributed by atoms with E-state index >= 15 is 0 Å². The Bertz CT molecular complexity index is 621. The van der Waals surface area contributed by atoms with Gasteiger partial charge in [-0.25, -0.2) is 23.1 Å². The molecule has 0 amide bonds. The smallest absolute Gasteiger partial charge is 0.187 e. The van der Waals surface area contributed by atoms with Gasteiger partial charge < -0.3 is 5.32 Å². The summed E-state index contributed by atoms with van der Waals surface area (Å²) in [6, 6.07) is 3.60. The van der Waals surface area contributed by atoms with E-state index in [-0.39, 0.29) is 23.8 Å². The molecule has 1 fully saturated rings. The Hall–Kier alpha value is -2.11. The van der Waals surface area contributed by atoms with Crippen LogP contribution in [0.2, 0.25) is 0 Å². The van der Waals surface area contributed by atoms with E-state index in [0.29, 0.717) is 5.69 Å². The topological polar surface area (TPSA) is 37.8 Å². The van der Waals surface area contributed by atoms with E-state index in [1.54, 1.807) is 0 Å². The molecule has 1 saturated carbocycles. The summed E-state index contributed by atoms with van der Waals surface area (Å²) in [5.74, 6) is -1.76. The quantitative estimate of drug-likeness (QED) is 0.932. The SMILES string of the molecule is Fc1cccc(F)c1CNc1ncnc(C2CC2)c1F. The molecule has 20 heavy (non-hydrogen) atoms. The van der Waals surface area contributed by atoms with Crippen molar-refractivity contribution in [2.24, 2.45) is 0 Å². The van der Waals surface area contributed by atoms with Gasteiger partial charge in [0.2, 0.25) is 0 Å². The maximum atomic E-state index is 14.1.